The maximum atomic E-state index is 14.1. The van der Waals surface area contributed by atoms with E-state index in [4.69, 9.17) is 4.74 Å². The molecular formula is C26H27FN4O5. The van der Waals surface area contributed by atoms with Crippen LogP contribution in [0.3, 0.4) is 0 Å². The lowest BCUT2D eigenvalue weighted by Gasteiger charge is -2.38. The van der Waals surface area contributed by atoms with Crippen molar-refractivity contribution in [2.45, 2.75) is 19.5 Å². The lowest BCUT2D eigenvalue weighted by molar-refractivity contribution is -0.385. The molecule has 0 radical (unpaired) electrons. The monoisotopic (exact) mass is 494 g/mol. The number of fused-ring (bicyclic) bond motifs is 1. The van der Waals surface area contributed by atoms with E-state index in [9.17, 15) is 24.1 Å². The number of aromatic nitrogens is 1. The number of methoxy groups -OCH3 is 1. The van der Waals surface area contributed by atoms with Crippen molar-refractivity contribution in [3.8, 4) is 0 Å². The Hall–Kier alpha value is -4.05. The first kappa shape index (κ1) is 25.1. The molecular weight excluding hydrogens is 467 g/mol. The predicted octanol–water partition coefficient (Wildman–Crippen LogP) is 3.56. The van der Waals surface area contributed by atoms with Gasteiger partial charge in [-0.25, -0.2) is 4.39 Å². The molecule has 10 heteroatoms. The van der Waals surface area contributed by atoms with Crippen LogP contribution in [0.25, 0.3) is 0 Å². The summed E-state index contributed by atoms with van der Waals surface area (Å²) in [5.74, 6) is -1.23. The summed E-state index contributed by atoms with van der Waals surface area (Å²) >= 11 is 0. The Morgan fingerprint density at radius 2 is 1.97 bits per heavy atom. The van der Waals surface area contributed by atoms with Gasteiger partial charge in [0.15, 0.2) is 0 Å². The Kier molecular flexibility index (Phi) is 7.44. The predicted molar refractivity (Wildman–Crippen MR) is 130 cm³/mol. The Morgan fingerprint density at radius 3 is 2.69 bits per heavy atom. The number of ether oxygens (including phenoxy) is 1. The molecule has 4 rings (SSSR count). The number of hydrogen-bond donors (Lipinski definition) is 0. The average Bonchev–Trinajstić information content (AvgIpc) is 3.34. The number of carbonyl (C=O) groups excluding carboxylic acids is 2. The van der Waals surface area contributed by atoms with Gasteiger partial charge in [-0.1, -0.05) is 18.2 Å². The average molecular weight is 495 g/mol. The first-order valence-corrected chi connectivity index (χ1v) is 11.5. The lowest BCUT2D eigenvalue weighted by atomic mass is 9.99. The quantitative estimate of drug-likeness (QED) is 0.352. The molecule has 2 amide bonds. The summed E-state index contributed by atoms with van der Waals surface area (Å²) in [7, 11) is 1.49. The Balaban J connectivity index is 1.63. The third-order valence-electron chi connectivity index (χ3n) is 6.35. The van der Waals surface area contributed by atoms with Crippen LogP contribution in [0.15, 0.2) is 60.8 Å². The van der Waals surface area contributed by atoms with Gasteiger partial charge >= 0.3 is 0 Å². The molecule has 3 aromatic rings. The van der Waals surface area contributed by atoms with Crippen molar-refractivity contribution in [3.63, 3.8) is 0 Å². The van der Waals surface area contributed by atoms with E-state index >= 15 is 0 Å². The van der Waals surface area contributed by atoms with Crippen molar-refractivity contribution in [3.05, 3.63) is 99.1 Å². The van der Waals surface area contributed by atoms with Crippen LogP contribution in [-0.4, -0.2) is 64.5 Å². The van der Waals surface area contributed by atoms with Crippen LogP contribution in [0.5, 0.6) is 0 Å². The summed E-state index contributed by atoms with van der Waals surface area (Å²) in [4.78, 5) is 40.8. The molecule has 0 aliphatic carbocycles. The molecule has 1 aliphatic rings. The molecule has 0 spiro atoms. The van der Waals surface area contributed by atoms with E-state index in [1.807, 2.05) is 22.9 Å². The number of halogens is 1. The van der Waals surface area contributed by atoms with E-state index in [2.05, 4.69) is 0 Å². The molecule has 2 aromatic carbocycles. The first-order valence-electron chi connectivity index (χ1n) is 11.5. The van der Waals surface area contributed by atoms with Crippen LogP contribution in [0, 0.1) is 22.9 Å². The van der Waals surface area contributed by atoms with Gasteiger partial charge in [0.2, 0.25) is 5.91 Å². The van der Waals surface area contributed by atoms with Gasteiger partial charge < -0.3 is 19.1 Å². The maximum absolute atomic E-state index is 14.1. The molecule has 0 saturated heterocycles. The van der Waals surface area contributed by atoms with Gasteiger partial charge in [0.05, 0.1) is 17.6 Å². The minimum Gasteiger partial charge on any atom is -0.383 e. The molecule has 0 bridgehead atoms. The number of aryl methyl sites for hydroxylation is 1. The summed E-state index contributed by atoms with van der Waals surface area (Å²) in [5, 5.41) is 11.4. The molecule has 188 valence electrons. The number of nitro groups is 1. The molecule has 2 heterocycles. The Labute approximate surface area is 207 Å². The zero-order valence-electron chi connectivity index (χ0n) is 20.1. The topological polar surface area (TPSA) is 97.9 Å². The van der Waals surface area contributed by atoms with Crippen molar-refractivity contribution in [2.75, 3.05) is 33.4 Å². The number of rotatable bonds is 8. The zero-order chi connectivity index (χ0) is 25.8. The summed E-state index contributed by atoms with van der Waals surface area (Å²) < 4.78 is 21.2. The number of nitrogens with zero attached hydrogens (tertiary/aromatic N) is 4. The Bertz CT molecular complexity index is 1290. The highest BCUT2D eigenvalue weighted by molar-refractivity contribution is 5.97. The van der Waals surface area contributed by atoms with Crippen molar-refractivity contribution < 1.29 is 23.6 Å². The van der Waals surface area contributed by atoms with Gasteiger partial charge in [0.25, 0.3) is 11.6 Å². The van der Waals surface area contributed by atoms with Crippen molar-refractivity contribution in [2.24, 2.45) is 0 Å². The molecule has 1 aliphatic heterocycles. The standard InChI is InChI=1S/C26H27FN4O5/c1-18-8-9-20(16-23(18)31(34)35)26(33)29(13-14-36-2)17-24(32)30-12-11-28-10-4-7-22(28)25(30)19-5-3-6-21(27)15-19/h3-10,15-16,25H,11-14,17H2,1-2H3. The number of carbonyl (C=O) groups is 2. The summed E-state index contributed by atoms with van der Waals surface area (Å²) in [6.45, 7) is 2.59. The van der Waals surface area contributed by atoms with Crippen LogP contribution in [-0.2, 0) is 16.1 Å². The molecule has 1 unspecified atom stereocenters. The number of hydrogen-bond acceptors (Lipinski definition) is 5. The highest BCUT2D eigenvalue weighted by atomic mass is 19.1. The van der Waals surface area contributed by atoms with E-state index in [1.165, 1.54) is 42.3 Å². The van der Waals surface area contributed by atoms with Crippen LogP contribution in [0.4, 0.5) is 10.1 Å². The zero-order valence-corrected chi connectivity index (χ0v) is 20.1. The maximum Gasteiger partial charge on any atom is 0.273 e. The van der Waals surface area contributed by atoms with Crippen LogP contribution >= 0.6 is 0 Å². The number of nitro benzene ring substituents is 1. The van der Waals surface area contributed by atoms with E-state index in [1.54, 1.807) is 24.0 Å². The first-order chi connectivity index (χ1) is 17.3. The van der Waals surface area contributed by atoms with Gasteiger partial charge in [-0.05, 0) is 42.8 Å². The smallest absolute Gasteiger partial charge is 0.273 e. The SMILES string of the molecule is COCCN(CC(=O)N1CCn2cccc2C1c1cccc(F)c1)C(=O)c1ccc(C)c([N+](=O)[O-])c1. The highest BCUT2D eigenvalue weighted by Gasteiger charge is 2.34. The van der Waals surface area contributed by atoms with Gasteiger partial charge in [-0.3, -0.25) is 19.7 Å². The van der Waals surface area contributed by atoms with E-state index in [0.717, 1.165) is 5.69 Å². The highest BCUT2D eigenvalue weighted by Crippen LogP contribution is 2.33. The van der Waals surface area contributed by atoms with Crippen molar-refractivity contribution >= 4 is 17.5 Å². The number of benzene rings is 2. The van der Waals surface area contributed by atoms with E-state index in [0.29, 0.717) is 24.2 Å². The van der Waals surface area contributed by atoms with Gasteiger partial charge in [0, 0.05) is 55.8 Å². The normalized spacial score (nSPS) is 14.9. The fourth-order valence-electron chi connectivity index (χ4n) is 4.51. The fourth-order valence-corrected chi connectivity index (χ4v) is 4.51. The third kappa shape index (κ3) is 5.13. The van der Waals surface area contributed by atoms with Crippen LogP contribution in [0.2, 0.25) is 0 Å². The van der Waals surface area contributed by atoms with E-state index < -0.39 is 22.7 Å². The second kappa shape index (κ2) is 10.7. The summed E-state index contributed by atoms with van der Waals surface area (Å²) in [6, 6.07) is 13.7. The lowest BCUT2D eigenvalue weighted by Crippen LogP contribution is -2.48. The van der Waals surface area contributed by atoms with Crippen LogP contribution < -0.4 is 0 Å². The molecule has 0 saturated carbocycles. The second-order valence-electron chi connectivity index (χ2n) is 8.65. The van der Waals surface area contributed by atoms with Gasteiger partial charge in [0.1, 0.15) is 12.4 Å². The Morgan fingerprint density at radius 1 is 1.17 bits per heavy atom. The van der Waals surface area contributed by atoms with Gasteiger partial charge in [-0.15, -0.1) is 0 Å². The van der Waals surface area contributed by atoms with Crippen molar-refractivity contribution in [1.29, 1.82) is 0 Å². The molecule has 1 aromatic heterocycles. The third-order valence-corrected chi connectivity index (χ3v) is 6.35. The molecule has 9 nitrogen and oxygen atoms in total. The summed E-state index contributed by atoms with van der Waals surface area (Å²) in [5.41, 5.74) is 1.87. The van der Waals surface area contributed by atoms with E-state index in [-0.39, 0.29) is 36.9 Å². The summed E-state index contributed by atoms with van der Waals surface area (Å²) in [6.07, 6.45) is 1.92. The second-order valence-corrected chi connectivity index (χ2v) is 8.65. The molecule has 1 atom stereocenters. The fraction of sp³-hybridized carbons (Fsp3) is 0.308. The van der Waals surface area contributed by atoms with Crippen molar-refractivity contribution in [1.82, 2.24) is 14.4 Å². The largest absolute Gasteiger partial charge is 0.383 e. The molecule has 36 heavy (non-hydrogen) atoms. The van der Waals surface area contributed by atoms with Gasteiger partial charge in [-0.2, -0.15) is 0 Å². The molecule has 0 N–H and O–H groups in total. The van der Waals surface area contributed by atoms with Crippen LogP contribution in [0.1, 0.15) is 33.2 Å². The molecule has 0 fully saturated rings. The minimum atomic E-state index is -0.539. The minimum absolute atomic E-state index is 0.116. The number of amides is 2.